The summed E-state index contributed by atoms with van der Waals surface area (Å²) in [5.41, 5.74) is 0. The molecule has 2 N–H and O–H groups in total. The van der Waals surface area contributed by atoms with Crippen molar-refractivity contribution in [1.82, 2.24) is 14.3 Å². The average Bonchev–Trinajstić information content (AvgIpc) is 2.33. The zero-order valence-corrected chi connectivity index (χ0v) is 12.6. The predicted octanol–water partition coefficient (Wildman–Crippen LogP) is 0.179. The normalized spacial score (nSPS) is 12.2. The molecule has 0 radical (unpaired) electrons. The first-order chi connectivity index (χ1) is 8.54. The Morgan fingerprint density at radius 1 is 1.17 bits per heavy atom. The van der Waals surface area contributed by atoms with Gasteiger partial charge in [-0.3, -0.25) is 0 Å². The van der Waals surface area contributed by atoms with Gasteiger partial charge >= 0.3 is 0 Å². The van der Waals surface area contributed by atoms with Gasteiger partial charge in [-0.15, -0.1) is 0 Å². The van der Waals surface area contributed by atoms with Crippen molar-refractivity contribution in [2.24, 2.45) is 0 Å². The van der Waals surface area contributed by atoms with Crippen LogP contribution in [0.25, 0.3) is 0 Å². The Bertz CT molecular complexity index is 283. The van der Waals surface area contributed by atoms with Gasteiger partial charge in [0.2, 0.25) is 0 Å². The van der Waals surface area contributed by atoms with Crippen LogP contribution in [0, 0.1) is 0 Å². The molecule has 0 atom stereocenters. The van der Waals surface area contributed by atoms with E-state index in [1.165, 1.54) is 4.31 Å². The molecule has 0 bridgehead atoms. The van der Waals surface area contributed by atoms with Gasteiger partial charge in [0.25, 0.3) is 10.2 Å². The zero-order valence-electron chi connectivity index (χ0n) is 11.7. The van der Waals surface area contributed by atoms with E-state index >= 15 is 0 Å². The molecule has 0 aliphatic carbocycles. The first-order valence-electron chi connectivity index (χ1n) is 6.48. The Morgan fingerprint density at radius 3 is 2.50 bits per heavy atom. The summed E-state index contributed by atoms with van der Waals surface area (Å²) >= 11 is 0. The highest BCUT2D eigenvalue weighted by molar-refractivity contribution is 7.87. The summed E-state index contributed by atoms with van der Waals surface area (Å²) < 4.78 is 32.6. The molecule has 0 rings (SSSR count). The topological polar surface area (TPSA) is 70.7 Å². The lowest BCUT2D eigenvalue weighted by atomic mass is 10.4. The van der Waals surface area contributed by atoms with Crippen molar-refractivity contribution in [3.63, 3.8) is 0 Å². The summed E-state index contributed by atoms with van der Waals surface area (Å²) in [5.74, 6) is 0. The number of hydrogen-bond donors (Lipinski definition) is 2. The third kappa shape index (κ3) is 8.82. The Labute approximate surface area is 111 Å². The van der Waals surface area contributed by atoms with E-state index in [0.29, 0.717) is 26.3 Å². The molecule has 0 aromatic heterocycles. The van der Waals surface area contributed by atoms with Gasteiger partial charge in [0.15, 0.2) is 0 Å². The van der Waals surface area contributed by atoms with Gasteiger partial charge in [0, 0.05) is 26.7 Å². The minimum atomic E-state index is -3.36. The number of ether oxygens (including phenoxy) is 1. The van der Waals surface area contributed by atoms with Gasteiger partial charge < -0.3 is 10.1 Å². The van der Waals surface area contributed by atoms with Crippen LogP contribution in [0.5, 0.6) is 0 Å². The third-order valence-corrected chi connectivity index (χ3v) is 4.06. The van der Waals surface area contributed by atoms with Gasteiger partial charge in [-0.05, 0) is 26.4 Å². The van der Waals surface area contributed by atoms with Crippen molar-refractivity contribution in [3.05, 3.63) is 0 Å². The zero-order chi connectivity index (χ0) is 13.9. The first kappa shape index (κ1) is 17.8. The molecule has 0 aromatic carbocycles. The standard InChI is InChI=1S/C11H27N3O3S/c1-4-5-10-17-11-8-13-18(15,16)14(3)9-6-7-12-2/h12-13H,4-11H2,1-3H3. The molecule has 7 heteroatoms. The summed E-state index contributed by atoms with van der Waals surface area (Å²) in [5, 5.41) is 2.98. The monoisotopic (exact) mass is 281 g/mol. The molecule has 18 heavy (non-hydrogen) atoms. The maximum absolute atomic E-state index is 11.8. The van der Waals surface area contributed by atoms with Crippen molar-refractivity contribution in [2.45, 2.75) is 26.2 Å². The summed E-state index contributed by atoms with van der Waals surface area (Å²) in [6.07, 6.45) is 2.89. The molecule has 0 heterocycles. The molecule has 0 aliphatic rings. The molecule has 0 aromatic rings. The fourth-order valence-electron chi connectivity index (χ4n) is 1.30. The average molecular weight is 281 g/mol. The maximum atomic E-state index is 11.8. The minimum Gasteiger partial charge on any atom is -0.380 e. The Hall–Kier alpha value is -0.210. The van der Waals surface area contributed by atoms with E-state index in [0.717, 1.165) is 25.8 Å². The van der Waals surface area contributed by atoms with E-state index in [4.69, 9.17) is 4.74 Å². The van der Waals surface area contributed by atoms with Gasteiger partial charge in [0.1, 0.15) is 0 Å². The highest BCUT2D eigenvalue weighted by Crippen LogP contribution is 1.95. The number of hydrogen-bond acceptors (Lipinski definition) is 4. The SMILES string of the molecule is CCCCOCCNS(=O)(=O)N(C)CCCNC. The predicted molar refractivity (Wildman–Crippen MR) is 73.8 cm³/mol. The van der Waals surface area contributed by atoms with Crippen LogP contribution >= 0.6 is 0 Å². The van der Waals surface area contributed by atoms with Crippen LogP contribution in [0.4, 0.5) is 0 Å². The summed E-state index contributed by atoms with van der Waals surface area (Å²) in [4.78, 5) is 0. The molecule has 0 amide bonds. The van der Waals surface area contributed by atoms with Crippen LogP contribution in [0.15, 0.2) is 0 Å². The second-order valence-corrected chi connectivity index (χ2v) is 6.01. The van der Waals surface area contributed by atoms with Crippen LogP contribution in [-0.4, -0.2) is 59.7 Å². The van der Waals surface area contributed by atoms with Crippen LogP contribution in [0.2, 0.25) is 0 Å². The van der Waals surface area contributed by atoms with Crippen LogP contribution < -0.4 is 10.0 Å². The Kier molecular flexibility index (Phi) is 10.6. The lowest BCUT2D eigenvalue weighted by Crippen LogP contribution is -2.40. The van der Waals surface area contributed by atoms with E-state index in [1.54, 1.807) is 7.05 Å². The number of nitrogens with zero attached hydrogens (tertiary/aromatic N) is 1. The van der Waals surface area contributed by atoms with E-state index in [1.807, 2.05) is 7.05 Å². The minimum absolute atomic E-state index is 0.322. The number of unbranched alkanes of at least 4 members (excludes halogenated alkanes) is 1. The Morgan fingerprint density at radius 2 is 1.89 bits per heavy atom. The Balaban J connectivity index is 3.71. The summed E-state index contributed by atoms with van der Waals surface area (Å²) in [6, 6.07) is 0. The molecule has 0 unspecified atom stereocenters. The molecule has 0 spiro atoms. The number of rotatable bonds is 12. The van der Waals surface area contributed by atoms with Crippen LogP contribution in [0.1, 0.15) is 26.2 Å². The molecular formula is C11H27N3O3S. The quantitative estimate of drug-likeness (QED) is 0.501. The maximum Gasteiger partial charge on any atom is 0.279 e. The van der Waals surface area contributed by atoms with Gasteiger partial charge in [-0.2, -0.15) is 17.4 Å². The molecule has 0 fully saturated rings. The van der Waals surface area contributed by atoms with Crippen molar-refractivity contribution in [1.29, 1.82) is 0 Å². The molecule has 0 saturated carbocycles. The highest BCUT2D eigenvalue weighted by atomic mass is 32.2. The summed E-state index contributed by atoms with van der Waals surface area (Å²) in [6.45, 7) is 4.83. The lowest BCUT2D eigenvalue weighted by Gasteiger charge is -2.17. The van der Waals surface area contributed by atoms with E-state index in [-0.39, 0.29) is 0 Å². The van der Waals surface area contributed by atoms with E-state index in [9.17, 15) is 8.42 Å². The summed E-state index contributed by atoms with van der Waals surface area (Å²) in [7, 11) is 0.0690. The molecule has 0 aliphatic heterocycles. The second-order valence-electron chi connectivity index (χ2n) is 4.14. The number of nitrogens with one attached hydrogen (secondary N) is 2. The van der Waals surface area contributed by atoms with Gasteiger partial charge in [-0.25, -0.2) is 0 Å². The largest absolute Gasteiger partial charge is 0.380 e. The van der Waals surface area contributed by atoms with Crippen molar-refractivity contribution < 1.29 is 13.2 Å². The fraction of sp³-hybridized carbons (Fsp3) is 1.00. The van der Waals surface area contributed by atoms with Crippen LogP contribution in [-0.2, 0) is 14.9 Å². The first-order valence-corrected chi connectivity index (χ1v) is 7.92. The van der Waals surface area contributed by atoms with Crippen molar-refractivity contribution >= 4 is 10.2 Å². The molecular weight excluding hydrogens is 254 g/mol. The second kappa shape index (κ2) is 10.7. The smallest absolute Gasteiger partial charge is 0.279 e. The molecule has 0 saturated heterocycles. The van der Waals surface area contributed by atoms with Crippen molar-refractivity contribution in [2.75, 3.05) is 46.9 Å². The van der Waals surface area contributed by atoms with Gasteiger partial charge in [0.05, 0.1) is 6.61 Å². The third-order valence-electron chi connectivity index (χ3n) is 2.48. The molecule has 110 valence electrons. The van der Waals surface area contributed by atoms with Gasteiger partial charge in [-0.1, -0.05) is 13.3 Å². The van der Waals surface area contributed by atoms with E-state index < -0.39 is 10.2 Å². The van der Waals surface area contributed by atoms with Crippen molar-refractivity contribution in [3.8, 4) is 0 Å². The van der Waals surface area contributed by atoms with Crippen LogP contribution in [0.3, 0.4) is 0 Å². The van der Waals surface area contributed by atoms with E-state index in [2.05, 4.69) is 17.0 Å². The fourth-order valence-corrected chi connectivity index (χ4v) is 2.23. The molecule has 6 nitrogen and oxygen atoms in total. The lowest BCUT2D eigenvalue weighted by molar-refractivity contribution is 0.136. The highest BCUT2D eigenvalue weighted by Gasteiger charge is 2.15.